The van der Waals surface area contributed by atoms with Gasteiger partial charge in [-0.1, -0.05) is 6.07 Å². The van der Waals surface area contributed by atoms with Crippen molar-refractivity contribution in [1.82, 2.24) is 0 Å². The van der Waals surface area contributed by atoms with Crippen molar-refractivity contribution in [3.05, 3.63) is 51.0 Å². The average molecular weight is 235 g/mol. The lowest BCUT2D eigenvalue weighted by Gasteiger charge is -2.13. The lowest BCUT2D eigenvalue weighted by molar-refractivity contribution is -0.385. The summed E-state index contributed by atoms with van der Waals surface area (Å²) in [6, 6.07) is 3.43. The molecule has 2 N–H and O–H groups in total. The highest BCUT2D eigenvalue weighted by Gasteiger charge is 2.37. The van der Waals surface area contributed by atoms with Crippen molar-refractivity contribution in [2.24, 2.45) is 0 Å². The second-order valence-electron chi connectivity index (χ2n) is 3.31. The van der Waals surface area contributed by atoms with E-state index >= 15 is 0 Å². The third-order valence-corrected chi connectivity index (χ3v) is 2.37. The first-order valence-corrected chi connectivity index (χ1v) is 4.44. The number of rotatable bonds is 1. The van der Waals surface area contributed by atoms with Gasteiger partial charge in [-0.2, -0.15) is 0 Å². The number of ketones is 2. The van der Waals surface area contributed by atoms with Gasteiger partial charge in [0.15, 0.2) is 0 Å². The summed E-state index contributed by atoms with van der Waals surface area (Å²) in [5.41, 5.74) is -1.38. The minimum atomic E-state index is -1.17. The molecule has 0 bridgehead atoms. The van der Waals surface area contributed by atoms with Crippen LogP contribution in [0.2, 0.25) is 0 Å². The van der Waals surface area contributed by atoms with Gasteiger partial charge in [-0.05, 0) is 6.07 Å². The standard InChI is InChI=1S/C10H5NO6/c12-7-4-2-1-3-5(11(16)17)6(4)8(13)10(15)9(7)14/h1-3,14-15H. The van der Waals surface area contributed by atoms with Crippen LogP contribution in [-0.2, 0) is 0 Å². The molecule has 0 radical (unpaired) electrons. The summed E-state index contributed by atoms with van der Waals surface area (Å²) in [5, 5.41) is 29.1. The van der Waals surface area contributed by atoms with Crippen molar-refractivity contribution in [2.45, 2.75) is 0 Å². The largest absolute Gasteiger partial charge is 0.501 e. The zero-order valence-corrected chi connectivity index (χ0v) is 8.21. The minimum absolute atomic E-state index is 0.292. The van der Waals surface area contributed by atoms with E-state index in [1.165, 1.54) is 12.1 Å². The van der Waals surface area contributed by atoms with Gasteiger partial charge in [0.25, 0.3) is 5.69 Å². The summed E-state index contributed by atoms with van der Waals surface area (Å²) in [5.74, 6) is -4.41. The highest BCUT2D eigenvalue weighted by Crippen LogP contribution is 2.30. The Morgan fingerprint density at radius 3 is 2.24 bits per heavy atom. The van der Waals surface area contributed by atoms with Crippen molar-refractivity contribution in [3.63, 3.8) is 0 Å². The highest BCUT2D eigenvalue weighted by molar-refractivity contribution is 6.26. The fourth-order valence-electron chi connectivity index (χ4n) is 1.58. The maximum Gasteiger partial charge on any atom is 0.281 e. The van der Waals surface area contributed by atoms with Crippen LogP contribution in [0.1, 0.15) is 20.7 Å². The van der Waals surface area contributed by atoms with Gasteiger partial charge >= 0.3 is 0 Å². The Bertz CT molecular complexity index is 601. The van der Waals surface area contributed by atoms with Crippen molar-refractivity contribution in [3.8, 4) is 0 Å². The van der Waals surface area contributed by atoms with E-state index in [1.54, 1.807) is 0 Å². The number of nitrogens with zero attached hydrogens (tertiary/aromatic N) is 1. The maximum absolute atomic E-state index is 11.6. The quantitative estimate of drug-likeness (QED) is 0.559. The minimum Gasteiger partial charge on any atom is -0.501 e. The van der Waals surface area contributed by atoms with Crippen LogP contribution < -0.4 is 0 Å². The van der Waals surface area contributed by atoms with Gasteiger partial charge in [-0.3, -0.25) is 19.7 Å². The molecule has 2 rings (SSSR count). The van der Waals surface area contributed by atoms with E-state index in [-0.39, 0.29) is 5.56 Å². The van der Waals surface area contributed by atoms with Crippen LogP contribution in [-0.4, -0.2) is 26.7 Å². The molecule has 1 aromatic carbocycles. The normalized spacial score (nSPS) is 14.8. The molecule has 0 saturated carbocycles. The van der Waals surface area contributed by atoms with Crippen molar-refractivity contribution in [1.29, 1.82) is 0 Å². The van der Waals surface area contributed by atoms with Gasteiger partial charge < -0.3 is 10.2 Å². The molecular formula is C10H5NO6. The van der Waals surface area contributed by atoms with Crippen LogP contribution >= 0.6 is 0 Å². The Morgan fingerprint density at radius 1 is 1.06 bits per heavy atom. The first-order valence-electron chi connectivity index (χ1n) is 4.44. The van der Waals surface area contributed by atoms with E-state index in [2.05, 4.69) is 0 Å². The number of aliphatic hydroxyl groups is 2. The number of fused-ring (bicyclic) bond motifs is 1. The van der Waals surface area contributed by atoms with Gasteiger partial charge in [0, 0.05) is 11.6 Å². The molecule has 0 heterocycles. The Hall–Kier alpha value is -2.70. The van der Waals surface area contributed by atoms with Crippen LogP contribution in [0.25, 0.3) is 0 Å². The predicted molar refractivity (Wildman–Crippen MR) is 54.0 cm³/mol. The summed E-state index contributed by atoms with van der Waals surface area (Å²) in [7, 11) is 0. The summed E-state index contributed by atoms with van der Waals surface area (Å²) in [6.07, 6.45) is 0. The van der Waals surface area contributed by atoms with Crippen LogP contribution in [0.5, 0.6) is 0 Å². The molecule has 0 fully saturated rings. The summed E-state index contributed by atoms with van der Waals surface area (Å²) < 4.78 is 0. The first-order chi connectivity index (χ1) is 7.95. The van der Waals surface area contributed by atoms with E-state index in [0.29, 0.717) is 0 Å². The lowest BCUT2D eigenvalue weighted by atomic mass is 9.91. The number of aliphatic hydroxyl groups excluding tert-OH is 2. The number of hydrogen-bond acceptors (Lipinski definition) is 6. The first kappa shape index (κ1) is 10.8. The molecule has 7 nitrogen and oxygen atoms in total. The van der Waals surface area contributed by atoms with Crippen LogP contribution in [0.4, 0.5) is 5.69 Å². The summed E-state index contributed by atoms with van der Waals surface area (Å²) in [4.78, 5) is 32.9. The molecule has 0 atom stereocenters. The SMILES string of the molecule is O=C1C(O)=C(O)C(=O)c2c1cccc2[N+](=O)[O-]. The second-order valence-corrected chi connectivity index (χ2v) is 3.31. The summed E-state index contributed by atoms with van der Waals surface area (Å²) in [6.45, 7) is 0. The number of allylic oxidation sites excluding steroid dienone is 2. The van der Waals surface area contributed by atoms with Gasteiger partial charge in [0.05, 0.1) is 4.92 Å². The molecule has 0 aromatic heterocycles. The summed E-state index contributed by atoms with van der Waals surface area (Å²) >= 11 is 0. The van der Waals surface area contributed by atoms with E-state index in [1.807, 2.05) is 0 Å². The van der Waals surface area contributed by atoms with Crippen LogP contribution in [0.3, 0.4) is 0 Å². The number of carbonyl (C=O) groups is 2. The predicted octanol–water partition coefficient (Wildman–Crippen LogP) is 1.30. The zero-order chi connectivity index (χ0) is 12.7. The van der Waals surface area contributed by atoms with Gasteiger partial charge in [0.2, 0.25) is 23.1 Å². The Morgan fingerprint density at radius 2 is 1.65 bits per heavy atom. The molecule has 1 aromatic rings. The van der Waals surface area contributed by atoms with Crippen molar-refractivity contribution < 1.29 is 24.7 Å². The van der Waals surface area contributed by atoms with E-state index in [0.717, 1.165) is 6.07 Å². The average Bonchev–Trinajstić information content (AvgIpc) is 2.32. The second kappa shape index (κ2) is 3.41. The van der Waals surface area contributed by atoms with Crippen molar-refractivity contribution in [2.75, 3.05) is 0 Å². The number of benzene rings is 1. The lowest BCUT2D eigenvalue weighted by Crippen LogP contribution is -2.23. The zero-order valence-electron chi connectivity index (χ0n) is 8.21. The number of nitro benzene ring substituents is 1. The number of carbonyl (C=O) groups excluding carboxylic acids is 2. The Labute approximate surface area is 93.8 Å². The molecule has 1 aliphatic carbocycles. The molecule has 0 spiro atoms. The molecule has 0 unspecified atom stereocenters. The number of nitro groups is 1. The third-order valence-electron chi connectivity index (χ3n) is 2.37. The fourth-order valence-corrected chi connectivity index (χ4v) is 1.58. The highest BCUT2D eigenvalue weighted by atomic mass is 16.6. The van der Waals surface area contributed by atoms with Gasteiger partial charge in [0.1, 0.15) is 5.56 Å². The molecule has 7 heteroatoms. The molecular weight excluding hydrogens is 230 g/mol. The molecule has 1 aliphatic rings. The monoisotopic (exact) mass is 235 g/mol. The molecule has 0 amide bonds. The van der Waals surface area contributed by atoms with Gasteiger partial charge in [-0.15, -0.1) is 0 Å². The van der Waals surface area contributed by atoms with Crippen molar-refractivity contribution >= 4 is 17.3 Å². The third kappa shape index (κ3) is 1.36. The number of Topliss-reactive ketones (excluding diaryl/α,β-unsaturated/α-hetero) is 2. The van der Waals surface area contributed by atoms with Crippen LogP contribution in [0, 0.1) is 10.1 Å². The Balaban J connectivity index is 2.81. The van der Waals surface area contributed by atoms with E-state index in [4.69, 9.17) is 0 Å². The molecule has 0 saturated heterocycles. The molecule has 86 valence electrons. The maximum atomic E-state index is 11.6. The fraction of sp³-hybridized carbons (Fsp3) is 0. The van der Waals surface area contributed by atoms with E-state index in [9.17, 15) is 29.9 Å². The van der Waals surface area contributed by atoms with Crippen LogP contribution in [0.15, 0.2) is 29.7 Å². The smallest absolute Gasteiger partial charge is 0.281 e. The molecule has 0 aliphatic heterocycles. The topological polar surface area (TPSA) is 118 Å². The Kier molecular flexibility index (Phi) is 2.17. The number of hydrogen-bond donors (Lipinski definition) is 2. The molecule has 17 heavy (non-hydrogen) atoms. The van der Waals surface area contributed by atoms with E-state index < -0.39 is 39.3 Å². The van der Waals surface area contributed by atoms with Gasteiger partial charge in [-0.25, -0.2) is 0 Å².